The summed E-state index contributed by atoms with van der Waals surface area (Å²) in [6.07, 6.45) is 3.18. The van der Waals surface area contributed by atoms with Gasteiger partial charge in [0.25, 0.3) is 0 Å². The lowest BCUT2D eigenvalue weighted by Crippen LogP contribution is -2.20. The summed E-state index contributed by atoms with van der Waals surface area (Å²) in [5, 5.41) is 3.55. The second kappa shape index (κ2) is 5.09. The maximum atomic E-state index is 5.82. The van der Waals surface area contributed by atoms with Gasteiger partial charge < -0.3 is 10.1 Å². The highest BCUT2D eigenvalue weighted by atomic mass is 16.5. The van der Waals surface area contributed by atoms with Crippen LogP contribution in [0.5, 0.6) is 0 Å². The van der Waals surface area contributed by atoms with Crippen LogP contribution in [0.3, 0.4) is 0 Å². The van der Waals surface area contributed by atoms with Gasteiger partial charge in [0.15, 0.2) is 0 Å². The predicted molar refractivity (Wildman–Crippen MR) is 72.7 cm³/mol. The summed E-state index contributed by atoms with van der Waals surface area (Å²) in [6.45, 7) is 9.56. The van der Waals surface area contributed by atoms with Crippen LogP contribution in [0.2, 0.25) is 0 Å². The summed E-state index contributed by atoms with van der Waals surface area (Å²) in [5.74, 6) is 0. The van der Waals surface area contributed by atoms with E-state index in [4.69, 9.17) is 4.74 Å². The quantitative estimate of drug-likeness (QED) is 0.861. The number of aryl methyl sites for hydroxylation is 3. The molecule has 1 aliphatic rings. The van der Waals surface area contributed by atoms with Gasteiger partial charge in [-0.2, -0.15) is 0 Å². The summed E-state index contributed by atoms with van der Waals surface area (Å²) >= 11 is 0. The maximum Gasteiger partial charge on any atom is 0.0751 e. The normalized spacial score (nSPS) is 24.0. The van der Waals surface area contributed by atoms with Crippen LogP contribution in [0.25, 0.3) is 0 Å². The molecule has 1 aromatic carbocycles. The van der Waals surface area contributed by atoms with Gasteiger partial charge in [-0.1, -0.05) is 17.7 Å². The van der Waals surface area contributed by atoms with Gasteiger partial charge in [-0.25, -0.2) is 0 Å². The average molecular weight is 233 g/mol. The van der Waals surface area contributed by atoms with Gasteiger partial charge in [0.1, 0.15) is 0 Å². The Hall–Kier alpha value is -1.02. The van der Waals surface area contributed by atoms with Crippen molar-refractivity contribution < 1.29 is 4.74 Å². The largest absolute Gasteiger partial charge is 0.382 e. The second-order valence-corrected chi connectivity index (χ2v) is 5.30. The van der Waals surface area contributed by atoms with E-state index in [1.165, 1.54) is 35.2 Å². The van der Waals surface area contributed by atoms with Crippen molar-refractivity contribution in [1.29, 1.82) is 0 Å². The first-order chi connectivity index (χ1) is 8.06. The van der Waals surface area contributed by atoms with Crippen molar-refractivity contribution in [2.24, 2.45) is 0 Å². The highest BCUT2D eigenvalue weighted by Crippen LogP contribution is 2.24. The van der Waals surface area contributed by atoms with Crippen LogP contribution in [-0.2, 0) is 4.74 Å². The Morgan fingerprint density at radius 1 is 1.18 bits per heavy atom. The Bertz CT molecular complexity index is 377. The molecule has 94 valence electrons. The molecule has 0 bridgehead atoms. The third-order valence-corrected chi connectivity index (χ3v) is 3.50. The Morgan fingerprint density at radius 2 is 1.82 bits per heavy atom. The minimum atomic E-state index is 0.380. The van der Waals surface area contributed by atoms with Crippen LogP contribution in [0.4, 0.5) is 5.69 Å². The number of ether oxygens (including phenoxy) is 1. The first-order valence-corrected chi connectivity index (χ1v) is 6.53. The number of rotatable bonds is 3. The van der Waals surface area contributed by atoms with E-state index in [0.717, 1.165) is 6.54 Å². The average Bonchev–Trinajstić information content (AvgIpc) is 2.62. The summed E-state index contributed by atoms with van der Waals surface area (Å²) in [4.78, 5) is 0. The minimum Gasteiger partial charge on any atom is -0.382 e. The van der Waals surface area contributed by atoms with Crippen molar-refractivity contribution in [3.8, 4) is 0 Å². The monoisotopic (exact) mass is 233 g/mol. The van der Waals surface area contributed by atoms with E-state index in [1.54, 1.807) is 0 Å². The number of hydrogen-bond donors (Lipinski definition) is 1. The van der Waals surface area contributed by atoms with Gasteiger partial charge in [0.05, 0.1) is 12.2 Å². The zero-order chi connectivity index (χ0) is 12.4. The van der Waals surface area contributed by atoms with E-state index in [1.807, 2.05) is 0 Å². The maximum absolute atomic E-state index is 5.82. The standard InChI is InChI=1S/C15H23NO/c1-10-7-11(2)15(12(3)8-10)16-9-14-6-5-13(4)17-14/h7-8,13-14,16H,5-6,9H2,1-4H3. The first-order valence-electron chi connectivity index (χ1n) is 6.53. The van der Waals surface area contributed by atoms with Crippen LogP contribution in [0.15, 0.2) is 12.1 Å². The number of nitrogens with one attached hydrogen (secondary N) is 1. The van der Waals surface area contributed by atoms with Crippen LogP contribution in [-0.4, -0.2) is 18.8 Å². The molecule has 2 unspecified atom stereocenters. The SMILES string of the molecule is Cc1cc(C)c(NCC2CCC(C)O2)c(C)c1. The van der Waals surface area contributed by atoms with Crippen molar-refractivity contribution in [2.45, 2.75) is 52.7 Å². The van der Waals surface area contributed by atoms with Crippen molar-refractivity contribution >= 4 is 5.69 Å². The predicted octanol–water partition coefficient (Wildman–Crippen LogP) is 3.59. The minimum absolute atomic E-state index is 0.380. The Kier molecular flexibility index (Phi) is 3.72. The third kappa shape index (κ3) is 3.01. The van der Waals surface area contributed by atoms with Gasteiger partial charge in [-0.15, -0.1) is 0 Å². The number of hydrogen-bond acceptors (Lipinski definition) is 2. The molecule has 0 amide bonds. The van der Waals surface area contributed by atoms with Crippen LogP contribution in [0.1, 0.15) is 36.5 Å². The lowest BCUT2D eigenvalue weighted by molar-refractivity contribution is 0.0637. The van der Waals surface area contributed by atoms with E-state index in [9.17, 15) is 0 Å². The van der Waals surface area contributed by atoms with Crippen LogP contribution in [0, 0.1) is 20.8 Å². The van der Waals surface area contributed by atoms with Gasteiger partial charge >= 0.3 is 0 Å². The molecule has 1 saturated heterocycles. The number of anilines is 1. The molecule has 1 aliphatic heterocycles. The molecule has 1 heterocycles. The van der Waals surface area contributed by atoms with Gasteiger partial charge in [0.2, 0.25) is 0 Å². The van der Waals surface area contributed by atoms with E-state index in [-0.39, 0.29) is 0 Å². The molecule has 1 aromatic rings. The zero-order valence-corrected chi connectivity index (χ0v) is 11.3. The first kappa shape index (κ1) is 12.4. The lowest BCUT2D eigenvalue weighted by atomic mass is 10.0. The molecule has 17 heavy (non-hydrogen) atoms. The molecular formula is C15H23NO. The van der Waals surface area contributed by atoms with E-state index < -0.39 is 0 Å². The summed E-state index contributed by atoms with van der Waals surface area (Å²) in [7, 11) is 0. The molecule has 0 aromatic heterocycles. The fourth-order valence-electron chi connectivity index (χ4n) is 2.71. The third-order valence-electron chi connectivity index (χ3n) is 3.50. The highest BCUT2D eigenvalue weighted by molar-refractivity contribution is 5.58. The van der Waals surface area contributed by atoms with Crippen molar-refractivity contribution in [2.75, 3.05) is 11.9 Å². The fourth-order valence-corrected chi connectivity index (χ4v) is 2.71. The molecular weight excluding hydrogens is 210 g/mol. The fraction of sp³-hybridized carbons (Fsp3) is 0.600. The molecule has 0 aliphatic carbocycles. The van der Waals surface area contributed by atoms with Crippen molar-refractivity contribution in [1.82, 2.24) is 0 Å². The lowest BCUT2D eigenvalue weighted by Gasteiger charge is -2.17. The van der Waals surface area contributed by atoms with Crippen LogP contribution < -0.4 is 5.32 Å². The molecule has 2 rings (SSSR count). The molecule has 2 heteroatoms. The van der Waals surface area contributed by atoms with Crippen molar-refractivity contribution in [3.05, 3.63) is 28.8 Å². The summed E-state index contributed by atoms with van der Waals surface area (Å²) < 4.78 is 5.82. The molecule has 2 atom stereocenters. The summed E-state index contributed by atoms with van der Waals surface area (Å²) in [6, 6.07) is 4.46. The van der Waals surface area contributed by atoms with Crippen LogP contribution >= 0.6 is 0 Å². The topological polar surface area (TPSA) is 21.3 Å². The van der Waals surface area contributed by atoms with Gasteiger partial charge in [0, 0.05) is 12.2 Å². The molecule has 0 spiro atoms. The molecule has 2 nitrogen and oxygen atoms in total. The Labute approximate surface area is 104 Å². The van der Waals surface area contributed by atoms with E-state index in [0.29, 0.717) is 12.2 Å². The Balaban J connectivity index is 1.99. The highest BCUT2D eigenvalue weighted by Gasteiger charge is 2.21. The second-order valence-electron chi connectivity index (χ2n) is 5.30. The Morgan fingerprint density at radius 3 is 2.35 bits per heavy atom. The molecule has 1 fully saturated rings. The van der Waals surface area contributed by atoms with E-state index in [2.05, 4.69) is 45.1 Å². The molecule has 0 radical (unpaired) electrons. The van der Waals surface area contributed by atoms with E-state index >= 15 is 0 Å². The molecule has 0 saturated carbocycles. The summed E-state index contributed by atoms with van der Waals surface area (Å²) in [5.41, 5.74) is 5.26. The molecule has 1 N–H and O–H groups in total. The smallest absolute Gasteiger partial charge is 0.0751 e. The number of benzene rings is 1. The zero-order valence-electron chi connectivity index (χ0n) is 11.3. The van der Waals surface area contributed by atoms with Gasteiger partial charge in [-0.05, 0) is 51.7 Å². The van der Waals surface area contributed by atoms with Gasteiger partial charge in [-0.3, -0.25) is 0 Å². The van der Waals surface area contributed by atoms with Crippen molar-refractivity contribution in [3.63, 3.8) is 0 Å².